The first-order chi connectivity index (χ1) is 9.65. The van der Waals surface area contributed by atoms with E-state index in [-0.39, 0.29) is 5.91 Å². The molecule has 3 rings (SSSR count). The van der Waals surface area contributed by atoms with Crippen LogP contribution in [0.3, 0.4) is 0 Å². The number of fused-ring (bicyclic) bond motifs is 1. The third-order valence-electron chi connectivity index (χ3n) is 3.61. The zero-order valence-corrected chi connectivity index (χ0v) is 12.9. The third kappa shape index (κ3) is 2.48. The Morgan fingerprint density at radius 3 is 3.00 bits per heavy atom. The van der Waals surface area contributed by atoms with E-state index >= 15 is 0 Å². The van der Waals surface area contributed by atoms with Gasteiger partial charge in [-0.1, -0.05) is 12.1 Å². The molecule has 0 saturated carbocycles. The number of nitrogens with zero attached hydrogens (tertiary/aromatic N) is 2. The van der Waals surface area contributed by atoms with E-state index in [0.717, 1.165) is 39.8 Å². The van der Waals surface area contributed by atoms with E-state index in [1.807, 2.05) is 48.4 Å². The first kappa shape index (κ1) is 13.3. The van der Waals surface area contributed by atoms with Crippen molar-refractivity contribution in [2.24, 2.45) is 0 Å². The number of hydrogen-bond acceptors (Lipinski definition) is 2. The Bertz CT molecular complexity index is 669. The predicted molar refractivity (Wildman–Crippen MR) is 81.6 cm³/mol. The SMILES string of the molecule is Cc1ccc(C(=O)N2CCc3ncccc3C2)c(Br)c1. The normalized spacial score (nSPS) is 14.0. The number of aromatic nitrogens is 1. The third-order valence-corrected chi connectivity index (χ3v) is 4.26. The molecule has 0 saturated heterocycles. The van der Waals surface area contributed by atoms with Crippen LogP contribution in [0.25, 0.3) is 0 Å². The fraction of sp³-hybridized carbons (Fsp3) is 0.250. The van der Waals surface area contributed by atoms with Crippen molar-refractivity contribution < 1.29 is 4.79 Å². The van der Waals surface area contributed by atoms with Crippen LogP contribution in [0.4, 0.5) is 0 Å². The summed E-state index contributed by atoms with van der Waals surface area (Å²) in [6.45, 7) is 3.38. The molecular weight excluding hydrogens is 316 g/mol. The van der Waals surface area contributed by atoms with Gasteiger partial charge in [0, 0.05) is 35.9 Å². The van der Waals surface area contributed by atoms with Crippen LogP contribution < -0.4 is 0 Å². The van der Waals surface area contributed by atoms with E-state index in [2.05, 4.69) is 20.9 Å². The average Bonchev–Trinajstić information content (AvgIpc) is 2.46. The van der Waals surface area contributed by atoms with E-state index in [0.29, 0.717) is 6.54 Å². The summed E-state index contributed by atoms with van der Waals surface area (Å²) in [4.78, 5) is 18.9. The minimum absolute atomic E-state index is 0.0754. The second-order valence-electron chi connectivity index (χ2n) is 5.07. The Balaban J connectivity index is 1.86. The highest BCUT2D eigenvalue weighted by atomic mass is 79.9. The summed E-state index contributed by atoms with van der Waals surface area (Å²) < 4.78 is 0.861. The summed E-state index contributed by atoms with van der Waals surface area (Å²) in [5.41, 5.74) is 4.12. The Hall–Kier alpha value is -1.68. The zero-order chi connectivity index (χ0) is 14.1. The molecule has 20 heavy (non-hydrogen) atoms. The van der Waals surface area contributed by atoms with Gasteiger partial charge >= 0.3 is 0 Å². The molecule has 2 heterocycles. The summed E-state index contributed by atoms with van der Waals surface area (Å²) in [5, 5.41) is 0. The monoisotopic (exact) mass is 330 g/mol. The van der Waals surface area contributed by atoms with Gasteiger partial charge in [0.25, 0.3) is 5.91 Å². The molecule has 2 aromatic rings. The van der Waals surface area contributed by atoms with E-state index in [9.17, 15) is 4.79 Å². The molecule has 0 radical (unpaired) electrons. The lowest BCUT2D eigenvalue weighted by molar-refractivity contribution is 0.0732. The maximum atomic E-state index is 12.6. The van der Waals surface area contributed by atoms with E-state index in [1.54, 1.807) is 0 Å². The fourth-order valence-corrected chi connectivity index (χ4v) is 3.17. The molecule has 102 valence electrons. The maximum Gasteiger partial charge on any atom is 0.255 e. The van der Waals surface area contributed by atoms with Crippen LogP contribution in [0.5, 0.6) is 0 Å². The lowest BCUT2D eigenvalue weighted by Gasteiger charge is -2.28. The Morgan fingerprint density at radius 2 is 2.20 bits per heavy atom. The standard InChI is InChI=1S/C16H15BrN2O/c1-11-4-5-13(14(17)9-11)16(20)19-8-6-15-12(10-19)3-2-7-18-15/h2-5,7,9H,6,8,10H2,1H3. The topological polar surface area (TPSA) is 33.2 Å². The number of rotatable bonds is 1. The van der Waals surface area contributed by atoms with Crippen molar-refractivity contribution in [2.75, 3.05) is 6.54 Å². The number of carbonyl (C=O) groups excluding carboxylic acids is 1. The van der Waals surface area contributed by atoms with Crippen molar-refractivity contribution in [3.63, 3.8) is 0 Å². The molecule has 1 aliphatic heterocycles. The van der Waals surface area contributed by atoms with Crippen LogP contribution in [-0.2, 0) is 13.0 Å². The van der Waals surface area contributed by atoms with Crippen molar-refractivity contribution in [1.82, 2.24) is 9.88 Å². The number of hydrogen-bond donors (Lipinski definition) is 0. The van der Waals surface area contributed by atoms with Crippen LogP contribution in [0.1, 0.15) is 27.2 Å². The van der Waals surface area contributed by atoms with E-state index in [4.69, 9.17) is 0 Å². The average molecular weight is 331 g/mol. The number of halogens is 1. The molecule has 0 unspecified atom stereocenters. The lowest BCUT2D eigenvalue weighted by atomic mass is 10.0. The Morgan fingerprint density at radius 1 is 1.35 bits per heavy atom. The molecule has 1 aromatic carbocycles. The largest absolute Gasteiger partial charge is 0.334 e. The Labute approximate surface area is 126 Å². The van der Waals surface area contributed by atoms with Gasteiger partial charge in [0.15, 0.2) is 0 Å². The highest BCUT2D eigenvalue weighted by Gasteiger charge is 2.23. The summed E-state index contributed by atoms with van der Waals surface area (Å²) in [7, 11) is 0. The summed E-state index contributed by atoms with van der Waals surface area (Å²) in [6, 6.07) is 9.81. The number of aryl methyl sites for hydroxylation is 1. The molecule has 0 atom stereocenters. The quantitative estimate of drug-likeness (QED) is 0.803. The number of carbonyl (C=O) groups is 1. The van der Waals surface area contributed by atoms with Gasteiger partial charge in [-0.25, -0.2) is 0 Å². The highest BCUT2D eigenvalue weighted by Crippen LogP contribution is 2.23. The van der Waals surface area contributed by atoms with Gasteiger partial charge in [0.1, 0.15) is 0 Å². The molecular formula is C16H15BrN2O. The van der Waals surface area contributed by atoms with Crippen LogP contribution in [0.2, 0.25) is 0 Å². The predicted octanol–water partition coefficient (Wildman–Crippen LogP) is 3.35. The van der Waals surface area contributed by atoms with Crippen molar-refractivity contribution in [3.05, 3.63) is 63.4 Å². The second-order valence-corrected chi connectivity index (χ2v) is 5.92. The van der Waals surface area contributed by atoms with Gasteiger partial charge in [-0.3, -0.25) is 9.78 Å². The van der Waals surface area contributed by atoms with Gasteiger partial charge < -0.3 is 4.90 Å². The molecule has 0 N–H and O–H groups in total. The Kier molecular flexibility index (Phi) is 3.57. The zero-order valence-electron chi connectivity index (χ0n) is 11.3. The number of benzene rings is 1. The molecule has 0 bridgehead atoms. The highest BCUT2D eigenvalue weighted by molar-refractivity contribution is 9.10. The van der Waals surface area contributed by atoms with Crippen LogP contribution in [-0.4, -0.2) is 22.3 Å². The number of amides is 1. The summed E-state index contributed by atoms with van der Waals surface area (Å²) >= 11 is 3.49. The molecule has 1 aromatic heterocycles. The van der Waals surface area contributed by atoms with Crippen LogP contribution >= 0.6 is 15.9 Å². The molecule has 0 aliphatic carbocycles. The molecule has 1 aliphatic rings. The molecule has 4 heteroatoms. The molecule has 1 amide bonds. The summed E-state index contributed by atoms with van der Waals surface area (Å²) in [6.07, 6.45) is 2.64. The van der Waals surface area contributed by atoms with Gasteiger partial charge in [0.05, 0.1) is 5.56 Å². The van der Waals surface area contributed by atoms with Crippen molar-refractivity contribution in [3.8, 4) is 0 Å². The van der Waals surface area contributed by atoms with Crippen molar-refractivity contribution in [2.45, 2.75) is 19.9 Å². The van der Waals surface area contributed by atoms with Gasteiger partial charge in [0.2, 0.25) is 0 Å². The maximum absolute atomic E-state index is 12.6. The van der Waals surface area contributed by atoms with Gasteiger partial charge in [-0.05, 0) is 52.2 Å². The van der Waals surface area contributed by atoms with Crippen LogP contribution in [0.15, 0.2) is 41.0 Å². The van der Waals surface area contributed by atoms with Gasteiger partial charge in [-0.15, -0.1) is 0 Å². The molecule has 0 fully saturated rings. The first-order valence-corrected chi connectivity index (χ1v) is 7.42. The first-order valence-electron chi connectivity index (χ1n) is 6.63. The smallest absolute Gasteiger partial charge is 0.255 e. The lowest BCUT2D eigenvalue weighted by Crippen LogP contribution is -2.36. The van der Waals surface area contributed by atoms with Crippen molar-refractivity contribution >= 4 is 21.8 Å². The second kappa shape index (κ2) is 5.37. The summed E-state index contributed by atoms with van der Waals surface area (Å²) in [5.74, 6) is 0.0754. The van der Waals surface area contributed by atoms with Gasteiger partial charge in [-0.2, -0.15) is 0 Å². The fourth-order valence-electron chi connectivity index (χ4n) is 2.50. The van der Waals surface area contributed by atoms with E-state index in [1.165, 1.54) is 0 Å². The molecule has 0 spiro atoms. The van der Waals surface area contributed by atoms with Crippen molar-refractivity contribution in [1.29, 1.82) is 0 Å². The minimum Gasteiger partial charge on any atom is -0.334 e. The number of pyridine rings is 1. The molecule has 3 nitrogen and oxygen atoms in total. The van der Waals surface area contributed by atoms with Crippen LogP contribution in [0, 0.1) is 6.92 Å². The van der Waals surface area contributed by atoms with E-state index < -0.39 is 0 Å². The minimum atomic E-state index is 0.0754.